The molecule has 15 heavy (non-hydrogen) atoms. The Morgan fingerprint density at radius 2 is 2.13 bits per heavy atom. The van der Waals surface area contributed by atoms with Crippen molar-refractivity contribution < 1.29 is 15.0 Å². The summed E-state index contributed by atoms with van der Waals surface area (Å²) in [5, 5.41) is 21.3. The number of phenols is 2. The normalized spacial score (nSPS) is 23.5. The van der Waals surface area contributed by atoms with E-state index in [1.165, 1.54) is 18.2 Å². The average molecular weight is 208 g/mol. The summed E-state index contributed by atoms with van der Waals surface area (Å²) in [5.41, 5.74) is 5.60. The minimum absolute atomic E-state index is 0.00778. The minimum Gasteiger partial charge on any atom is -0.504 e. The Kier molecular flexibility index (Phi) is 2.24. The highest BCUT2D eigenvalue weighted by Gasteiger charge is 2.35. The van der Waals surface area contributed by atoms with Gasteiger partial charge >= 0.3 is 0 Å². The highest BCUT2D eigenvalue weighted by atomic mass is 16.3. The molecule has 80 valence electrons. The molecular formula is C10H12N2O3. The Balaban J connectivity index is 2.14. The Morgan fingerprint density at radius 3 is 2.73 bits per heavy atom. The summed E-state index contributed by atoms with van der Waals surface area (Å²) in [7, 11) is 0. The zero-order chi connectivity index (χ0) is 11.0. The molecule has 1 amide bonds. The molecule has 0 spiro atoms. The van der Waals surface area contributed by atoms with Crippen LogP contribution >= 0.6 is 0 Å². The highest BCUT2D eigenvalue weighted by Crippen LogP contribution is 2.28. The van der Waals surface area contributed by atoms with Gasteiger partial charge < -0.3 is 21.3 Å². The smallest absolute Gasteiger partial charge is 0.255 e. The largest absolute Gasteiger partial charge is 0.504 e. The van der Waals surface area contributed by atoms with Crippen LogP contribution in [0.5, 0.6) is 11.5 Å². The van der Waals surface area contributed by atoms with Crippen LogP contribution in [0.25, 0.3) is 0 Å². The predicted octanol–water partition coefficient (Wildman–Crippen LogP) is -0.0728. The third-order valence-corrected chi connectivity index (χ3v) is 2.42. The number of hydrogen-bond donors (Lipinski definition) is 4. The van der Waals surface area contributed by atoms with E-state index in [1.54, 1.807) is 0 Å². The number of amides is 1. The molecular weight excluding hydrogens is 196 g/mol. The van der Waals surface area contributed by atoms with Gasteiger partial charge in [0.2, 0.25) is 0 Å². The summed E-state index contributed by atoms with van der Waals surface area (Å²) >= 11 is 0. The van der Waals surface area contributed by atoms with Crippen LogP contribution in [0.2, 0.25) is 0 Å². The maximum Gasteiger partial charge on any atom is 0.255 e. The number of aromatic hydroxyl groups is 2. The lowest BCUT2D eigenvalue weighted by Crippen LogP contribution is -2.29. The van der Waals surface area contributed by atoms with E-state index in [1.807, 2.05) is 0 Å². The molecule has 5 N–H and O–H groups in total. The number of benzene rings is 1. The number of rotatable bonds is 2. The molecule has 0 aliphatic heterocycles. The van der Waals surface area contributed by atoms with Crippen molar-refractivity contribution in [2.45, 2.75) is 18.5 Å². The molecule has 5 nitrogen and oxygen atoms in total. The molecule has 5 heteroatoms. The van der Waals surface area contributed by atoms with E-state index in [9.17, 15) is 15.0 Å². The first-order chi connectivity index (χ1) is 7.09. The average Bonchev–Trinajstić information content (AvgIpc) is 2.86. The van der Waals surface area contributed by atoms with Gasteiger partial charge in [0.1, 0.15) is 0 Å². The van der Waals surface area contributed by atoms with E-state index >= 15 is 0 Å². The number of para-hydroxylation sites is 1. The Labute approximate surface area is 86.5 Å². The second kappa shape index (κ2) is 3.43. The van der Waals surface area contributed by atoms with Gasteiger partial charge in [-0.15, -0.1) is 0 Å². The molecule has 0 heterocycles. The second-order valence-corrected chi connectivity index (χ2v) is 3.65. The zero-order valence-electron chi connectivity index (χ0n) is 7.97. The number of phenolic OH excluding ortho intramolecular Hbond substituents is 2. The van der Waals surface area contributed by atoms with Crippen molar-refractivity contribution in [3.8, 4) is 11.5 Å². The number of carbonyl (C=O) groups is 1. The van der Waals surface area contributed by atoms with Gasteiger partial charge in [-0.05, 0) is 18.6 Å². The molecule has 0 bridgehead atoms. The summed E-state index contributed by atoms with van der Waals surface area (Å²) in [6, 6.07) is 4.25. The van der Waals surface area contributed by atoms with Crippen LogP contribution in [0.4, 0.5) is 0 Å². The van der Waals surface area contributed by atoms with Gasteiger partial charge in [0.05, 0.1) is 5.56 Å². The van der Waals surface area contributed by atoms with Crippen molar-refractivity contribution in [2.24, 2.45) is 5.73 Å². The van der Waals surface area contributed by atoms with Crippen molar-refractivity contribution >= 4 is 5.91 Å². The monoisotopic (exact) mass is 208 g/mol. The molecule has 0 aromatic heterocycles. The summed E-state index contributed by atoms with van der Waals surface area (Å²) in [4.78, 5) is 11.6. The Bertz CT molecular complexity index is 406. The van der Waals surface area contributed by atoms with Gasteiger partial charge in [0.15, 0.2) is 11.5 Å². The molecule has 2 atom stereocenters. The predicted molar refractivity (Wildman–Crippen MR) is 53.6 cm³/mol. The van der Waals surface area contributed by atoms with Gasteiger partial charge in [-0.1, -0.05) is 6.07 Å². The van der Waals surface area contributed by atoms with Gasteiger partial charge in [-0.2, -0.15) is 0 Å². The number of nitrogens with one attached hydrogen (secondary N) is 1. The van der Waals surface area contributed by atoms with Crippen LogP contribution in [0.3, 0.4) is 0 Å². The molecule has 0 saturated heterocycles. The Hall–Kier alpha value is -1.75. The van der Waals surface area contributed by atoms with Crippen LogP contribution < -0.4 is 11.1 Å². The lowest BCUT2D eigenvalue weighted by atomic mass is 10.1. The van der Waals surface area contributed by atoms with Crippen LogP contribution in [0, 0.1) is 0 Å². The maximum atomic E-state index is 11.6. The van der Waals surface area contributed by atoms with E-state index in [4.69, 9.17) is 5.73 Å². The molecule has 1 aromatic rings. The molecule has 1 aliphatic rings. The summed E-state index contributed by atoms with van der Waals surface area (Å²) in [6.45, 7) is 0. The van der Waals surface area contributed by atoms with E-state index in [0.717, 1.165) is 6.42 Å². The highest BCUT2D eigenvalue weighted by molar-refractivity contribution is 5.98. The number of hydrogen-bond acceptors (Lipinski definition) is 4. The maximum absolute atomic E-state index is 11.6. The van der Waals surface area contributed by atoms with E-state index in [2.05, 4.69) is 5.32 Å². The van der Waals surface area contributed by atoms with Crippen LogP contribution in [-0.2, 0) is 0 Å². The first-order valence-corrected chi connectivity index (χ1v) is 4.67. The van der Waals surface area contributed by atoms with Gasteiger partial charge in [0, 0.05) is 12.1 Å². The lowest BCUT2D eigenvalue weighted by Gasteiger charge is -2.06. The van der Waals surface area contributed by atoms with Crippen molar-refractivity contribution in [2.75, 3.05) is 0 Å². The molecule has 1 aromatic carbocycles. The quantitative estimate of drug-likeness (QED) is 0.511. The van der Waals surface area contributed by atoms with E-state index < -0.39 is 11.7 Å². The third-order valence-electron chi connectivity index (χ3n) is 2.42. The standard InChI is InChI=1S/C10H12N2O3/c11-6-4-7(6)12-10(15)5-2-1-3-8(13)9(5)14/h1-3,6-7,13-14H,4,11H2,(H,12,15). The molecule has 1 saturated carbocycles. The van der Waals surface area contributed by atoms with Crippen LogP contribution in [0.15, 0.2) is 18.2 Å². The molecule has 2 rings (SSSR count). The number of carbonyl (C=O) groups excluding carboxylic acids is 1. The Morgan fingerprint density at radius 1 is 1.47 bits per heavy atom. The summed E-state index contributed by atoms with van der Waals surface area (Å²) < 4.78 is 0. The minimum atomic E-state index is -0.415. The summed E-state index contributed by atoms with van der Waals surface area (Å²) in [5.74, 6) is -1.12. The fourth-order valence-electron chi connectivity index (χ4n) is 1.34. The van der Waals surface area contributed by atoms with Crippen LogP contribution in [0.1, 0.15) is 16.8 Å². The van der Waals surface area contributed by atoms with Crippen molar-refractivity contribution in [1.29, 1.82) is 0 Å². The second-order valence-electron chi connectivity index (χ2n) is 3.65. The first kappa shape index (κ1) is 9.79. The SMILES string of the molecule is NC1CC1NC(=O)c1cccc(O)c1O. The van der Waals surface area contributed by atoms with Gasteiger partial charge in [0.25, 0.3) is 5.91 Å². The topological polar surface area (TPSA) is 95.6 Å². The molecule has 0 radical (unpaired) electrons. The first-order valence-electron chi connectivity index (χ1n) is 4.67. The van der Waals surface area contributed by atoms with Crippen LogP contribution in [-0.4, -0.2) is 28.2 Å². The molecule has 2 unspecified atom stereocenters. The van der Waals surface area contributed by atoms with E-state index in [0.29, 0.717) is 0 Å². The third kappa shape index (κ3) is 1.87. The van der Waals surface area contributed by atoms with E-state index in [-0.39, 0.29) is 23.4 Å². The molecule has 1 fully saturated rings. The zero-order valence-corrected chi connectivity index (χ0v) is 7.97. The molecule has 1 aliphatic carbocycles. The van der Waals surface area contributed by atoms with Crippen molar-refractivity contribution in [3.05, 3.63) is 23.8 Å². The van der Waals surface area contributed by atoms with Gasteiger partial charge in [-0.3, -0.25) is 4.79 Å². The van der Waals surface area contributed by atoms with Gasteiger partial charge in [-0.25, -0.2) is 0 Å². The van der Waals surface area contributed by atoms with Crippen molar-refractivity contribution in [1.82, 2.24) is 5.32 Å². The van der Waals surface area contributed by atoms with Crippen molar-refractivity contribution in [3.63, 3.8) is 0 Å². The summed E-state index contributed by atoms with van der Waals surface area (Å²) in [6.07, 6.45) is 0.755. The fourth-order valence-corrected chi connectivity index (χ4v) is 1.34. The lowest BCUT2D eigenvalue weighted by molar-refractivity contribution is 0.0947. The number of nitrogens with two attached hydrogens (primary N) is 1. The fraction of sp³-hybridized carbons (Fsp3) is 0.300.